The Balaban J connectivity index is 2.34. The van der Waals surface area contributed by atoms with Crippen molar-refractivity contribution >= 4 is 11.0 Å². The largest absolute Gasteiger partial charge is 0.489 e. The molecule has 1 aromatic heterocycles. The van der Waals surface area contributed by atoms with Crippen molar-refractivity contribution in [1.29, 1.82) is 0 Å². The minimum Gasteiger partial charge on any atom is -0.489 e. The second kappa shape index (κ2) is 4.69. The second-order valence-corrected chi connectivity index (χ2v) is 4.17. The first kappa shape index (κ1) is 11.7. The van der Waals surface area contributed by atoms with Crippen molar-refractivity contribution in [3.05, 3.63) is 48.5 Å². The topological polar surface area (TPSA) is 31.6 Å². The molecule has 0 N–H and O–H groups in total. The summed E-state index contributed by atoms with van der Waals surface area (Å²) in [5.41, 5.74) is 2.95. The molecule has 2 aromatic carbocycles. The summed E-state index contributed by atoms with van der Waals surface area (Å²) in [4.78, 5) is 0. The van der Waals surface area contributed by atoms with Crippen molar-refractivity contribution in [2.24, 2.45) is 0 Å². The van der Waals surface area contributed by atoms with E-state index in [1.165, 1.54) is 0 Å². The third-order valence-corrected chi connectivity index (χ3v) is 3.12. The summed E-state index contributed by atoms with van der Waals surface area (Å²) < 4.78 is 16.3. The van der Waals surface area contributed by atoms with Gasteiger partial charge in [0.05, 0.1) is 19.6 Å². The Labute approximate surface area is 111 Å². The van der Waals surface area contributed by atoms with Crippen molar-refractivity contribution in [3.8, 4) is 22.8 Å². The van der Waals surface area contributed by atoms with Crippen molar-refractivity contribution in [2.75, 3.05) is 14.2 Å². The fourth-order valence-electron chi connectivity index (χ4n) is 2.28. The Bertz CT molecular complexity index is 699. The van der Waals surface area contributed by atoms with E-state index in [1.807, 2.05) is 30.3 Å². The second-order valence-electron chi connectivity index (χ2n) is 4.17. The van der Waals surface area contributed by atoms with Gasteiger partial charge in [0, 0.05) is 0 Å². The summed E-state index contributed by atoms with van der Waals surface area (Å²) in [5.74, 6) is 1.04. The fourth-order valence-corrected chi connectivity index (χ4v) is 2.28. The van der Waals surface area contributed by atoms with Gasteiger partial charge in [0.25, 0.3) is 0 Å². The zero-order valence-electron chi connectivity index (χ0n) is 10.8. The number of furan rings is 1. The SMILES string of the molecule is COc1oc2cccc(-c3ccccc3)c2c1OC. The van der Waals surface area contributed by atoms with Crippen LogP contribution < -0.4 is 9.47 Å². The van der Waals surface area contributed by atoms with Gasteiger partial charge in [0.2, 0.25) is 5.75 Å². The Hall–Kier alpha value is -2.42. The van der Waals surface area contributed by atoms with Crippen LogP contribution in [0.25, 0.3) is 22.1 Å². The van der Waals surface area contributed by atoms with Gasteiger partial charge in [-0.3, -0.25) is 0 Å². The lowest BCUT2D eigenvalue weighted by atomic mass is 10.0. The zero-order chi connectivity index (χ0) is 13.2. The van der Waals surface area contributed by atoms with Gasteiger partial charge in [0.15, 0.2) is 0 Å². The molecule has 3 aromatic rings. The molecule has 1 heterocycles. The van der Waals surface area contributed by atoms with Crippen LogP contribution in [0.5, 0.6) is 11.7 Å². The standard InChI is InChI=1S/C16H14O3/c1-17-15-14-12(11-7-4-3-5-8-11)9-6-10-13(14)19-16(15)18-2/h3-10H,1-2H3. The highest BCUT2D eigenvalue weighted by Gasteiger charge is 2.19. The van der Waals surface area contributed by atoms with E-state index < -0.39 is 0 Å². The Morgan fingerprint density at radius 3 is 2.32 bits per heavy atom. The van der Waals surface area contributed by atoms with Gasteiger partial charge >= 0.3 is 5.95 Å². The van der Waals surface area contributed by atoms with E-state index in [0.29, 0.717) is 11.7 Å². The maximum atomic E-state index is 5.65. The lowest BCUT2D eigenvalue weighted by molar-refractivity contribution is 0.287. The molecule has 0 fully saturated rings. The molecule has 0 radical (unpaired) electrons. The van der Waals surface area contributed by atoms with Crippen LogP contribution in [0, 0.1) is 0 Å². The predicted octanol–water partition coefficient (Wildman–Crippen LogP) is 4.12. The van der Waals surface area contributed by atoms with Gasteiger partial charge < -0.3 is 13.9 Å². The quantitative estimate of drug-likeness (QED) is 0.704. The van der Waals surface area contributed by atoms with E-state index in [9.17, 15) is 0 Å². The molecular weight excluding hydrogens is 240 g/mol. The number of fused-ring (bicyclic) bond motifs is 1. The molecule has 3 heteroatoms. The number of hydrogen-bond donors (Lipinski definition) is 0. The van der Waals surface area contributed by atoms with Gasteiger partial charge in [-0.1, -0.05) is 42.5 Å². The molecule has 3 nitrogen and oxygen atoms in total. The van der Waals surface area contributed by atoms with E-state index >= 15 is 0 Å². The summed E-state index contributed by atoms with van der Waals surface area (Å²) in [6, 6.07) is 16.1. The smallest absolute Gasteiger partial charge is 0.329 e. The number of ether oxygens (including phenoxy) is 2. The molecule has 0 atom stereocenters. The zero-order valence-corrected chi connectivity index (χ0v) is 10.8. The Morgan fingerprint density at radius 2 is 1.63 bits per heavy atom. The molecule has 96 valence electrons. The molecule has 0 aliphatic rings. The van der Waals surface area contributed by atoms with Crippen molar-refractivity contribution in [1.82, 2.24) is 0 Å². The minimum atomic E-state index is 0.404. The third kappa shape index (κ3) is 1.83. The van der Waals surface area contributed by atoms with Crippen LogP contribution in [0.1, 0.15) is 0 Å². The highest BCUT2D eigenvalue weighted by atomic mass is 16.6. The highest BCUT2D eigenvalue weighted by Crippen LogP contribution is 2.43. The maximum Gasteiger partial charge on any atom is 0.329 e. The summed E-state index contributed by atoms with van der Waals surface area (Å²) in [5, 5.41) is 0.938. The summed E-state index contributed by atoms with van der Waals surface area (Å²) in [6.45, 7) is 0. The molecule has 0 aliphatic heterocycles. The minimum absolute atomic E-state index is 0.404. The summed E-state index contributed by atoms with van der Waals surface area (Å²) in [7, 11) is 3.19. The first-order chi connectivity index (χ1) is 9.35. The lowest BCUT2D eigenvalue weighted by Gasteiger charge is -2.04. The van der Waals surface area contributed by atoms with E-state index in [1.54, 1.807) is 14.2 Å². The molecule has 19 heavy (non-hydrogen) atoms. The van der Waals surface area contributed by atoms with Crippen LogP contribution in [-0.2, 0) is 0 Å². The van der Waals surface area contributed by atoms with Gasteiger partial charge in [0.1, 0.15) is 5.58 Å². The average molecular weight is 254 g/mol. The predicted molar refractivity (Wildman–Crippen MR) is 74.8 cm³/mol. The molecule has 0 saturated heterocycles. The number of methoxy groups -OCH3 is 2. The van der Waals surface area contributed by atoms with Crippen LogP contribution in [-0.4, -0.2) is 14.2 Å². The van der Waals surface area contributed by atoms with Crippen LogP contribution in [0.3, 0.4) is 0 Å². The molecule has 0 amide bonds. The molecule has 0 spiro atoms. The van der Waals surface area contributed by atoms with Crippen LogP contribution in [0.2, 0.25) is 0 Å². The van der Waals surface area contributed by atoms with Gasteiger partial charge in [-0.15, -0.1) is 0 Å². The first-order valence-corrected chi connectivity index (χ1v) is 6.04. The molecule has 3 rings (SSSR count). The summed E-state index contributed by atoms with van der Waals surface area (Å²) in [6.07, 6.45) is 0. The lowest BCUT2D eigenvalue weighted by Crippen LogP contribution is -1.87. The number of benzene rings is 2. The first-order valence-electron chi connectivity index (χ1n) is 6.04. The van der Waals surface area contributed by atoms with Gasteiger partial charge in [-0.05, 0) is 17.2 Å². The van der Waals surface area contributed by atoms with Crippen LogP contribution in [0.15, 0.2) is 52.9 Å². The average Bonchev–Trinajstić information content (AvgIpc) is 2.85. The summed E-state index contributed by atoms with van der Waals surface area (Å²) >= 11 is 0. The molecule has 0 saturated carbocycles. The van der Waals surface area contributed by atoms with Gasteiger partial charge in [-0.2, -0.15) is 0 Å². The Kier molecular flexibility index (Phi) is 2.88. The van der Waals surface area contributed by atoms with E-state index in [-0.39, 0.29) is 0 Å². The Morgan fingerprint density at radius 1 is 0.842 bits per heavy atom. The number of hydrogen-bond acceptors (Lipinski definition) is 3. The molecular formula is C16H14O3. The molecule has 0 bridgehead atoms. The van der Waals surface area contributed by atoms with Gasteiger partial charge in [-0.25, -0.2) is 0 Å². The molecule has 0 aliphatic carbocycles. The van der Waals surface area contributed by atoms with Crippen molar-refractivity contribution in [2.45, 2.75) is 0 Å². The van der Waals surface area contributed by atoms with E-state index in [4.69, 9.17) is 13.9 Å². The highest BCUT2D eigenvalue weighted by molar-refractivity contribution is 6.00. The van der Waals surface area contributed by atoms with Crippen molar-refractivity contribution in [3.63, 3.8) is 0 Å². The van der Waals surface area contributed by atoms with E-state index in [2.05, 4.69) is 18.2 Å². The van der Waals surface area contributed by atoms with Crippen LogP contribution >= 0.6 is 0 Å². The normalized spacial score (nSPS) is 10.6. The van der Waals surface area contributed by atoms with E-state index in [0.717, 1.165) is 22.1 Å². The monoisotopic (exact) mass is 254 g/mol. The fraction of sp³-hybridized carbons (Fsp3) is 0.125. The number of rotatable bonds is 3. The molecule has 0 unspecified atom stereocenters. The van der Waals surface area contributed by atoms with Crippen LogP contribution in [0.4, 0.5) is 0 Å². The van der Waals surface area contributed by atoms with Crippen molar-refractivity contribution < 1.29 is 13.9 Å². The third-order valence-electron chi connectivity index (χ3n) is 3.12. The maximum absolute atomic E-state index is 5.65.